The number of nitrogens with zero attached hydrogens (tertiary/aromatic N) is 3. The molecule has 0 unspecified atom stereocenters. The molecule has 0 spiro atoms. The van der Waals surface area contributed by atoms with Crippen molar-refractivity contribution >= 4 is 44.3 Å². The summed E-state index contributed by atoms with van der Waals surface area (Å²) in [5.74, 6) is 0. The van der Waals surface area contributed by atoms with Gasteiger partial charge in [0.15, 0.2) is 0 Å². The van der Waals surface area contributed by atoms with E-state index in [1.54, 1.807) is 0 Å². The summed E-state index contributed by atoms with van der Waals surface area (Å²) < 4.78 is 0. The number of para-hydroxylation sites is 3. The number of hydrogen-bond donors (Lipinski definition) is 0. The molecule has 0 amide bonds. The quantitative estimate of drug-likeness (QED) is 0.219. The smallest absolute Gasteiger partial charge is 0.223 e. The predicted octanol–water partition coefficient (Wildman–Crippen LogP) is 7.32. The van der Waals surface area contributed by atoms with Crippen LogP contribution in [0.15, 0.2) is 97.1 Å². The van der Waals surface area contributed by atoms with Crippen molar-refractivity contribution in [3.05, 3.63) is 102 Å². The second kappa shape index (κ2) is 7.15. The normalized spacial score (nSPS) is 11.4. The largest absolute Gasteiger partial charge is 0.248 e. The molecule has 0 radical (unpaired) electrons. The van der Waals surface area contributed by atoms with Crippen molar-refractivity contribution in [3.63, 3.8) is 0 Å². The molecule has 2 heterocycles. The Labute approximate surface area is 184 Å². The van der Waals surface area contributed by atoms with Crippen molar-refractivity contribution in [1.82, 2.24) is 15.0 Å². The number of fused-ring (bicyclic) bond motifs is 3. The van der Waals surface area contributed by atoms with Gasteiger partial charge in [-0.2, -0.15) is 0 Å². The zero-order valence-corrected chi connectivity index (χ0v) is 17.2. The molecule has 6 rings (SSSR count). The molecular weight excluding hydrogens is 402 g/mol. The van der Waals surface area contributed by atoms with E-state index < -0.39 is 0 Å². The summed E-state index contributed by atoms with van der Waals surface area (Å²) in [6.45, 7) is 0. The fourth-order valence-electron chi connectivity index (χ4n) is 4.21. The van der Waals surface area contributed by atoms with E-state index in [1.165, 1.54) is 5.56 Å². The van der Waals surface area contributed by atoms with Gasteiger partial charge in [0.25, 0.3) is 0 Å². The first kappa shape index (κ1) is 18.0. The van der Waals surface area contributed by atoms with Crippen molar-refractivity contribution in [1.29, 1.82) is 0 Å². The molecule has 0 saturated carbocycles. The summed E-state index contributed by atoms with van der Waals surface area (Å²) in [4.78, 5) is 13.7. The topological polar surface area (TPSA) is 38.7 Å². The van der Waals surface area contributed by atoms with Gasteiger partial charge in [-0.1, -0.05) is 78.9 Å². The van der Waals surface area contributed by atoms with Crippen LogP contribution in [0.4, 0.5) is 0 Å². The van der Waals surface area contributed by atoms with Crippen LogP contribution in [0, 0.1) is 0 Å². The van der Waals surface area contributed by atoms with E-state index >= 15 is 0 Å². The lowest BCUT2D eigenvalue weighted by molar-refractivity contribution is 1.22. The zero-order valence-electron chi connectivity index (χ0n) is 16.5. The minimum Gasteiger partial charge on any atom is -0.248 e. The highest BCUT2D eigenvalue weighted by Crippen LogP contribution is 2.36. The van der Waals surface area contributed by atoms with Crippen LogP contribution in [0.3, 0.4) is 0 Å². The van der Waals surface area contributed by atoms with Gasteiger partial charge in [-0.3, -0.25) is 0 Å². The Balaban J connectivity index is 1.57. The Morgan fingerprint density at radius 2 is 0.935 bits per heavy atom. The zero-order chi connectivity index (χ0) is 20.8. The molecule has 0 aliphatic rings. The van der Waals surface area contributed by atoms with Crippen LogP contribution >= 0.6 is 11.6 Å². The average molecular weight is 418 g/mol. The van der Waals surface area contributed by atoms with Crippen molar-refractivity contribution in [2.45, 2.75) is 0 Å². The first-order valence-electron chi connectivity index (χ1n) is 10.1. The van der Waals surface area contributed by atoms with E-state index in [1.807, 2.05) is 36.4 Å². The molecule has 4 aromatic carbocycles. The number of rotatable bonds is 2. The Hall–Kier alpha value is -3.82. The van der Waals surface area contributed by atoms with Gasteiger partial charge >= 0.3 is 0 Å². The number of benzene rings is 4. The molecule has 0 atom stereocenters. The molecule has 0 aliphatic carbocycles. The number of pyridine rings is 1. The molecule has 0 bridgehead atoms. The van der Waals surface area contributed by atoms with Gasteiger partial charge in [0, 0.05) is 27.3 Å². The maximum atomic E-state index is 6.20. The third kappa shape index (κ3) is 3.02. The van der Waals surface area contributed by atoms with Gasteiger partial charge in [0.2, 0.25) is 5.28 Å². The van der Waals surface area contributed by atoms with Crippen LogP contribution in [0.1, 0.15) is 0 Å². The summed E-state index contributed by atoms with van der Waals surface area (Å²) in [6.07, 6.45) is 0. The van der Waals surface area contributed by atoms with Gasteiger partial charge in [-0.05, 0) is 35.4 Å². The van der Waals surface area contributed by atoms with Gasteiger partial charge in [-0.15, -0.1) is 0 Å². The molecule has 146 valence electrons. The Kier molecular flexibility index (Phi) is 4.15. The van der Waals surface area contributed by atoms with Crippen molar-refractivity contribution < 1.29 is 0 Å². The fourth-order valence-corrected chi connectivity index (χ4v) is 4.39. The standard InChI is InChI=1S/C27H16ClN3/c28-27-30-24-12-6-3-9-21(24)26(31-27)18-15-13-17(14-16-18)25-19-7-1-4-10-22(19)29-23-11-5-2-8-20(23)25/h1-16H. The number of aromatic nitrogens is 3. The predicted molar refractivity (Wildman–Crippen MR) is 128 cm³/mol. The lowest BCUT2D eigenvalue weighted by Gasteiger charge is -2.12. The monoisotopic (exact) mass is 417 g/mol. The minimum absolute atomic E-state index is 0.254. The second-order valence-corrected chi connectivity index (χ2v) is 7.79. The van der Waals surface area contributed by atoms with Gasteiger partial charge in [-0.25, -0.2) is 15.0 Å². The van der Waals surface area contributed by atoms with E-state index in [2.05, 4.69) is 70.6 Å². The van der Waals surface area contributed by atoms with E-state index in [4.69, 9.17) is 16.6 Å². The maximum absolute atomic E-state index is 6.20. The van der Waals surface area contributed by atoms with E-state index in [-0.39, 0.29) is 5.28 Å². The van der Waals surface area contributed by atoms with Crippen LogP contribution in [-0.2, 0) is 0 Å². The summed E-state index contributed by atoms with van der Waals surface area (Å²) >= 11 is 6.20. The Morgan fingerprint density at radius 3 is 1.55 bits per heavy atom. The first-order chi connectivity index (χ1) is 15.3. The molecule has 4 heteroatoms. The van der Waals surface area contributed by atoms with Crippen LogP contribution in [0.2, 0.25) is 5.28 Å². The van der Waals surface area contributed by atoms with Gasteiger partial charge < -0.3 is 0 Å². The molecule has 2 aromatic heterocycles. The second-order valence-electron chi connectivity index (χ2n) is 7.46. The summed E-state index contributed by atoms with van der Waals surface area (Å²) in [5.41, 5.74) is 7.01. The lowest BCUT2D eigenvalue weighted by Crippen LogP contribution is -1.92. The maximum Gasteiger partial charge on any atom is 0.223 e. The summed E-state index contributed by atoms with van der Waals surface area (Å²) in [7, 11) is 0. The minimum atomic E-state index is 0.254. The molecule has 0 saturated heterocycles. The van der Waals surface area contributed by atoms with E-state index in [9.17, 15) is 0 Å². The van der Waals surface area contributed by atoms with Gasteiger partial charge in [0.05, 0.1) is 22.2 Å². The highest BCUT2D eigenvalue weighted by Gasteiger charge is 2.13. The molecular formula is C27H16ClN3. The number of hydrogen-bond acceptors (Lipinski definition) is 3. The Morgan fingerprint density at radius 1 is 0.452 bits per heavy atom. The summed E-state index contributed by atoms with van der Waals surface area (Å²) in [6, 6.07) is 33.0. The van der Waals surface area contributed by atoms with E-state index in [0.717, 1.165) is 49.5 Å². The van der Waals surface area contributed by atoms with Crippen molar-refractivity contribution in [2.24, 2.45) is 0 Å². The average Bonchev–Trinajstić information content (AvgIpc) is 2.82. The van der Waals surface area contributed by atoms with E-state index in [0.29, 0.717) is 0 Å². The lowest BCUT2D eigenvalue weighted by atomic mass is 9.95. The molecule has 0 fully saturated rings. The third-order valence-corrected chi connectivity index (χ3v) is 5.78. The first-order valence-corrected chi connectivity index (χ1v) is 10.5. The SMILES string of the molecule is Clc1nc(-c2ccc(-c3c4ccccc4nc4ccccc34)cc2)c2ccccc2n1. The van der Waals surface area contributed by atoms with Crippen molar-refractivity contribution in [3.8, 4) is 22.4 Å². The summed E-state index contributed by atoms with van der Waals surface area (Å²) in [5, 5.41) is 3.53. The highest BCUT2D eigenvalue weighted by atomic mass is 35.5. The molecule has 3 nitrogen and oxygen atoms in total. The molecule has 0 N–H and O–H groups in total. The van der Waals surface area contributed by atoms with Crippen LogP contribution in [0.5, 0.6) is 0 Å². The fraction of sp³-hybridized carbons (Fsp3) is 0. The van der Waals surface area contributed by atoms with Crippen LogP contribution < -0.4 is 0 Å². The molecule has 31 heavy (non-hydrogen) atoms. The van der Waals surface area contributed by atoms with Gasteiger partial charge in [0.1, 0.15) is 0 Å². The van der Waals surface area contributed by atoms with Crippen molar-refractivity contribution in [2.75, 3.05) is 0 Å². The highest BCUT2D eigenvalue weighted by molar-refractivity contribution is 6.28. The number of halogens is 1. The molecule has 0 aliphatic heterocycles. The Bertz CT molecular complexity index is 1540. The third-order valence-electron chi connectivity index (χ3n) is 5.61. The van der Waals surface area contributed by atoms with Crippen LogP contribution in [0.25, 0.3) is 55.1 Å². The molecule has 6 aromatic rings. The van der Waals surface area contributed by atoms with Crippen LogP contribution in [-0.4, -0.2) is 15.0 Å².